The monoisotopic (exact) mass is 403 g/mol. The van der Waals surface area contributed by atoms with Crippen LogP contribution in [-0.4, -0.2) is 31.4 Å². The van der Waals surface area contributed by atoms with Gasteiger partial charge in [-0.25, -0.2) is 0 Å². The van der Waals surface area contributed by atoms with Crippen molar-refractivity contribution in [3.05, 3.63) is 71.4 Å². The van der Waals surface area contributed by atoms with Crippen molar-refractivity contribution in [3.8, 4) is 24.3 Å². The van der Waals surface area contributed by atoms with Crippen LogP contribution in [-0.2, 0) is 13.0 Å². The molecular formula is C26H29NO3. The van der Waals surface area contributed by atoms with E-state index in [2.05, 4.69) is 54.3 Å². The van der Waals surface area contributed by atoms with Gasteiger partial charge in [-0.3, -0.25) is 4.79 Å². The number of rotatable bonds is 6. The van der Waals surface area contributed by atoms with Gasteiger partial charge < -0.3 is 14.4 Å². The van der Waals surface area contributed by atoms with E-state index >= 15 is 0 Å². The molecule has 0 bridgehead atoms. The highest BCUT2D eigenvalue weighted by atomic mass is 16.5. The normalized spacial score (nSPS) is 19.6. The summed E-state index contributed by atoms with van der Waals surface area (Å²) in [5.74, 6) is 2.09. The van der Waals surface area contributed by atoms with Gasteiger partial charge in [-0.2, -0.15) is 0 Å². The van der Waals surface area contributed by atoms with E-state index in [4.69, 9.17) is 9.47 Å². The molecule has 1 aliphatic carbocycles. The van der Waals surface area contributed by atoms with Gasteiger partial charge in [-0.1, -0.05) is 36.4 Å². The number of ketones is 1. The van der Waals surface area contributed by atoms with Crippen LogP contribution in [0.4, 0.5) is 0 Å². The average Bonchev–Trinajstić information content (AvgIpc) is 3.10. The number of nitrogens with zero attached hydrogens (tertiary/aromatic N) is 1. The molecule has 30 heavy (non-hydrogen) atoms. The van der Waals surface area contributed by atoms with Crippen molar-refractivity contribution in [2.75, 3.05) is 20.8 Å². The molecule has 4 rings (SSSR count). The maximum Gasteiger partial charge on any atom is 0.166 e. The Labute approximate surface area is 179 Å². The number of hydrogen-bond acceptors (Lipinski definition) is 4. The summed E-state index contributed by atoms with van der Waals surface area (Å²) in [6, 6.07) is 14.3. The fourth-order valence-corrected chi connectivity index (χ4v) is 4.35. The maximum absolute atomic E-state index is 12.9. The van der Waals surface area contributed by atoms with Gasteiger partial charge in [0.2, 0.25) is 0 Å². The minimum atomic E-state index is 0.0575. The van der Waals surface area contributed by atoms with Crippen molar-refractivity contribution in [1.29, 1.82) is 0 Å². The molecule has 2 unspecified atom stereocenters. The first-order chi connectivity index (χ1) is 14.7. The summed E-state index contributed by atoms with van der Waals surface area (Å²) in [5.41, 5.74) is 3.21. The number of benzene rings is 2. The van der Waals surface area contributed by atoms with Gasteiger partial charge >= 0.3 is 0 Å². The number of hydrogen-bond donors (Lipinski definition) is 0. The minimum absolute atomic E-state index is 0.0575. The second-order valence-electron chi connectivity index (χ2n) is 7.71. The van der Waals surface area contributed by atoms with Crippen LogP contribution in [0.3, 0.4) is 0 Å². The van der Waals surface area contributed by atoms with Crippen molar-refractivity contribution < 1.29 is 14.3 Å². The third-order valence-corrected chi connectivity index (χ3v) is 5.88. The van der Waals surface area contributed by atoms with Crippen LogP contribution < -0.4 is 9.47 Å². The van der Waals surface area contributed by atoms with Crippen molar-refractivity contribution >= 4 is 5.78 Å². The molecule has 156 valence electrons. The quantitative estimate of drug-likeness (QED) is 0.654. The summed E-state index contributed by atoms with van der Waals surface area (Å²) in [6.07, 6.45) is 15.3. The van der Waals surface area contributed by atoms with Gasteiger partial charge in [0.15, 0.2) is 17.3 Å². The van der Waals surface area contributed by atoms with Crippen LogP contribution in [0, 0.1) is 24.7 Å². The Morgan fingerprint density at radius 1 is 1.07 bits per heavy atom. The molecule has 0 fully saturated rings. The van der Waals surface area contributed by atoms with Crippen molar-refractivity contribution in [1.82, 2.24) is 4.90 Å². The number of allylic oxidation sites excluding steroid dienone is 1. The Morgan fingerprint density at radius 2 is 1.77 bits per heavy atom. The summed E-state index contributed by atoms with van der Waals surface area (Å²) >= 11 is 0. The van der Waals surface area contributed by atoms with E-state index in [1.54, 1.807) is 14.2 Å². The third-order valence-electron chi connectivity index (χ3n) is 5.88. The number of carbonyl (C=O) groups is 1. The Balaban J connectivity index is 0.00000124. The van der Waals surface area contributed by atoms with Crippen LogP contribution in [0.25, 0.3) is 0 Å². The van der Waals surface area contributed by atoms with Gasteiger partial charge in [0, 0.05) is 24.6 Å². The molecule has 4 nitrogen and oxygen atoms in total. The van der Waals surface area contributed by atoms with Crippen molar-refractivity contribution in [3.63, 3.8) is 0 Å². The molecule has 0 spiro atoms. The number of carbonyl (C=O) groups excluding carboxylic acids is 1. The molecule has 0 N–H and O–H groups in total. The molecule has 2 aromatic rings. The fourth-order valence-electron chi connectivity index (χ4n) is 4.35. The van der Waals surface area contributed by atoms with E-state index in [1.165, 1.54) is 5.56 Å². The van der Waals surface area contributed by atoms with E-state index in [1.807, 2.05) is 18.2 Å². The molecule has 1 aliphatic heterocycles. The Hall–Kier alpha value is -3.19. The molecule has 2 aromatic carbocycles. The van der Waals surface area contributed by atoms with Crippen LogP contribution in [0.1, 0.15) is 34.3 Å². The standard InChI is InChI=1S/C24H27NO3.C2H2/c1-27-22-14-19-13-20(24(26)21(19)15-23(22)28-2)12-17-8-10-25(11-9-17)16-18-6-4-3-5-7-18;1-2/h3-8,10,14-15,17,20H,9,11-13,16H2,1-2H3;1-2H. The Kier molecular flexibility index (Phi) is 7.19. The minimum Gasteiger partial charge on any atom is -0.493 e. The van der Waals surface area contributed by atoms with Gasteiger partial charge in [-0.05, 0) is 54.6 Å². The van der Waals surface area contributed by atoms with Crippen LogP contribution in [0.15, 0.2) is 54.7 Å². The largest absolute Gasteiger partial charge is 0.493 e. The smallest absolute Gasteiger partial charge is 0.166 e. The molecule has 1 heterocycles. The highest BCUT2D eigenvalue weighted by molar-refractivity contribution is 6.02. The van der Waals surface area contributed by atoms with Crippen molar-refractivity contribution in [2.45, 2.75) is 25.8 Å². The second kappa shape index (κ2) is 10.0. The summed E-state index contributed by atoms with van der Waals surface area (Å²) < 4.78 is 10.8. The number of terminal acetylenes is 1. The number of methoxy groups -OCH3 is 2. The molecule has 2 atom stereocenters. The molecule has 2 aliphatic rings. The Bertz CT molecular complexity index is 917. The van der Waals surface area contributed by atoms with Gasteiger partial charge in [0.1, 0.15) is 0 Å². The lowest BCUT2D eigenvalue weighted by Gasteiger charge is -2.29. The van der Waals surface area contributed by atoms with E-state index < -0.39 is 0 Å². The van der Waals surface area contributed by atoms with Gasteiger partial charge in [-0.15, -0.1) is 12.8 Å². The fraction of sp³-hybridized carbons (Fsp3) is 0.346. The topological polar surface area (TPSA) is 38.8 Å². The van der Waals surface area contributed by atoms with Crippen LogP contribution in [0.5, 0.6) is 11.5 Å². The maximum atomic E-state index is 12.9. The molecule has 0 amide bonds. The number of ether oxygens (including phenoxy) is 2. The summed E-state index contributed by atoms with van der Waals surface area (Å²) in [5, 5.41) is 0. The molecule has 4 heteroatoms. The average molecular weight is 404 g/mol. The summed E-state index contributed by atoms with van der Waals surface area (Å²) in [6.45, 7) is 1.98. The Morgan fingerprint density at radius 3 is 2.40 bits per heavy atom. The van der Waals surface area contributed by atoms with E-state index in [9.17, 15) is 4.79 Å². The number of Topliss-reactive ketones (excluding diaryl/α,β-unsaturated/α-hetero) is 1. The van der Waals surface area contributed by atoms with Crippen molar-refractivity contribution in [2.24, 2.45) is 11.8 Å². The summed E-state index contributed by atoms with van der Waals surface area (Å²) in [4.78, 5) is 15.3. The van der Waals surface area contributed by atoms with Gasteiger partial charge in [0.25, 0.3) is 0 Å². The summed E-state index contributed by atoms with van der Waals surface area (Å²) in [7, 11) is 3.24. The lowest BCUT2D eigenvalue weighted by atomic mass is 9.88. The first-order valence-corrected chi connectivity index (χ1v) is 10.3. The zero-order chi connectivity index (χ0) is 21.5. The predicted molar refractivity (Wildman–Crippen MR) is 120 cm³/mol. The molecule has 0 saturated carbocycles. The van der Waals surface area contributed by atoms with E-state index in [0.717, 1.165) is 43.5 Å². The van der Waals surface area contributed by atoms with Crippen LogP contribution >= 0.6 is 0 Å². The zero-order valence-electron chi connectivity index (χ0n) is 17.7. The lowest BCUT2D eigenvalue weighted by Crippen LogP contribution is -2.26. The third kappa shape index (κ3) is 4.68. The van der Waals surface area contributed by atoms with E-state index in [-0.39, 0.29) is 11.7 Å². The molecule has 0 radical (unpaired) electrons. The highest BCUT2D eigenvalue weighted by Gasteiger charge is 2.33. The molecule has 0 saturated heterocycles. The predicted octanol–water partition coefficient (Wildman–Crippen LogP) is 4.73. The van der Waals surface area contributed by atoms with Gasteiger partial charge in [0.05, 0.1) is 14.2 Å². The molecule has 0 aromatic heterocycles. The van der Waals surface area contributed by atoms with Crippen LogP contribution in [0.2, 0.25) is 0 Å². The highest BCUT2D eigenvalue weighted by Crippen LogP contribution is 2.39. The first-order valence-electron chi connectivity index (χ1n) is 10.3. The lowest BCUT2D eigenvalue weighted by molar-refractivity contribution is 0.0919. The number of fused-ring (bicyclic) bond motifs is 1. The second-order valence-corrected chi connectivity index (χ2v) is 7.71. The van der Waals surface area contributed by atoms with E-state index in [0.29, 0.717) is 17.4 Å². The molecular weight excluding hydrogens is 374 g/mol. The first kappa shape index (κ1) is 21.5. The zero-order valence-corrected chi connectivity index (χ0v) is 17.7. The SMILES string of the molecule is C#C.COc1cc2c(cc1OC)C(=O)C(CC1C=CN(Cc3ccccc3)CC1)C2.